The summed E-state index contributed by atoms with van der Waals surface area (Å²) < 4.78 is 5.59. The summed E-state index contributed by atoms with van der Waals surface area (Å²) in [6.07, 6.45) is 3.03. The number of allylic oxidation sites excluding steroid dienone is 1. The maximum absolute atomic E-state index is 12.3. The first-order chi connectivity index (χ1) is 11.0. The van der Waals surface area contributed by atoms with Crippen molar-refractivity contribution in [2.75, 3.05) is 33.2 Å². The number of halogens is 1. The molecule has 0 bridgehead atoms. The van der Waals surface area contributed by atoms with E-state index in [1.165, 1.54) is 0 Å². The average Bonchev–Trinajstić information content (AvgIpc) is 2.54. The number of likely N-dealkylation sites (N-methyl/N-ethyl adjacent to an activating group) is 1. The summed E-state index contributed by atoms with van der Waals surface area (Å²) in [6.45, 7) is 8.56. The summed E-state index contributed by atoms with van der Waals surface area (Å²) in [6, 6.07) is 5.22. The molecule has 6 heteroatoms. The molecule has 1 saturated heterocycles. The molecule has 2 rings (SSSR count). The quantitative estimate of drug-likeness (QED) is 0.918. The molecule has 1 amide bonds. The highest BCUT2D eigenvalue weighted by Crippen LogP contribution is 2.29. The van der Waals surface area contributed by atoms with Crippen molar-refractivity contribution < 1.29 is 9.53 Å². The fourth-order valence-electron chi connectivity index (χ4n) is 2.31. The van der Waals surface area contributed by atoms with E-state index in [2.05, 4.69) is 16.8 Å². The standard InChI is InChI=1S/C17H22ClN3O2/c1-4-19-12-13(2)15-11-14(18)5-6-16(15)23-17(22)21-9-7-20(3)8-10-21/h4-6,11-12,19H,1,7-10H2,2-3H3/b13-12+. The fourth-order valence-corrected chi connectivity index (χ4v) is 2.48. The molecule has 0 saturated carbocycles. The second-order valence-electron chi connectivity index (χ2n) is 5.50. The zero-order valence-corrected chi connectivity index (χ0v) is 14.3. The number of carbonyl (C=O) groups excluding carboxylic acids is 1. The van der Waals surface area contributed by atoms with E-state index >= 15 is 0 Å². The van der Waals surface area contributed by atoms with Crippen LogP contribution in [0.2, 0.25) is 5.02 Å². The van der Waals surface area contributed by atoms with Crippen molar-refractivity contribution in [1.29, 1.82) is 0 Å². The van der Waals surface area contributed by atoms with E-state index in [-0.39, 0.29) is 6.09 Å². The number of amides is 1. The van der Waals surface area contributed by atoms with E-state index in [0.717, 1.165) is 24.2 Å². The van der Waals surface area contributed by atoms with Gasteiger partial charge in [-0.15, -0.1) is 0 Å². The van der Waals surface area contributed by atoms with Crippen LogP contribution in [0.3, 0.4) is 0 Å². The summed E-state index contributed by atoms with van der Waals surface area (Å²) >= 11 is 6.07. The SMILES string of the molecule is C=CN/C=C(\C)c1cc(Cl)ccc1OC(=O)N1CCN(C)CC1. The second kappa shape index (κ2) is 8.04. The maximum atomic E-state index is 12.3. The molecule has 23 heavy (non-hydrogen) atoms. The lowest BCUT2D eigenvalue weighted by Gasteiger charge is -2.31. The molecular formula is C17H22ClN3O2. The summed E-state index contributed by atoms with van der Waals surface area (Å²) in [4.78, 5) is 16.3. The van der Waals surface area contributed by atoms with Gasteiger partial charge in [0.2, 0.25) is 0 Å². The van der Waals surface area contributed by atoms with Gasteiger partial charge in [0.25, 0.3) is 0 Å². The fraction of sp³-hybridized carbons (Fsp3) is 0.353. The number of benzene rings is 1. The number of nitrogens with zero attached hydrogens (tertiary/aromatic N) is 2. The van der Waals surface area contributed by atoms with Crippen molar-refractivity contribution in [2.24, 2.45) is 0 Å². The van der Waals surface area contributed by atoms with E-state index in [0.29, 0.717) is 23.9 Å². The van der Waals surface area contributed by atoms with Gasteiger partial charge in [0.15, 0.2) is 0 Å². The lowest BCUT2D eigenvalue weighted by atomic mass is 10.1. The highest BCUT2D eigenvalue weighted by molar-refractivity contribution is 6.30. The van der Waals surface area contributed by atoms with E-state index in [1.54, 1.807) is 35.5 Å². The smallest absolute Gasteiger partial charge is 0.410 e. The number of hydrogen-bond donors (Lipinski definition) is 1. The van der Waals surface area contributed by atoms with E-state index < -0.39 is 0 Å². The first-order valence-electron chi connectivity index (χ1n) is 7.50. The van der Waals surface area contributed by atoms with E-state index in [4.69, 9.17) is 16.3 Å². The second-order valence-corrected chi connectivity index (χ2v) is 5.93. The van der Waals surface area contributed by atoms with Gasteiger partial charge < -0.3 is 19.9 Å². The molecule has 124 valence electrons. The molecule has 1 aromatic carbocycles. The predicted molar refractivity (Wildman–Crippen MR) is 93.5 cm³/mol. The van der Waals surface area contributed by atoms with Crippen LogP contribution in [0.1, 0.15) is 12.5 Å². The zero-order chi connectivity index (χ0) is 16.8. The highest BCUT2D eigenvalue weighted by atomic mass is 35.5. The van der Waals surface area contributed by atoms with Crippen LogP contribution in [-0.2, 0) is 0 Å². The normalized spacial score (nSPS) is 16.1. The van der Waals surface area contributed by atoms with Crippen LogP contribution < -0.4 is 10.1 Å². The summed E-state index contributed by atoms with van der Waals surface area (Å²) in [5.41, 5.74) is 1.67. The van der Waals surface area contributed by atoms with Gasteiger partial charge in [0.1, 0.15) is 5.75 Å². The monoisotopic (exact) mass is 335 g/mol. The van der Waals surface area contributed by atoms with Gasteiger partial charge >= 0.3 is 6.09 Å². The summed E-state index contributed by atoms with van der Waals surface area (Å²) in [7, 11) is 2.04. The summed E-state index contributed by atoms with van der Waals surface area (Å²) in [5, 5.41) is 3.51. The Balaban J connectivity index is 2.15. The van der Waals surface area contributed by atoms with Crippen LogP contribution in [0, 0.1) is 0 Å². The van der Waals surface area contributed by atoms with Crippen LogP contribution in [0.5, 0.6) is 5.75 Å². The van der Waals surface area contributed by atoms with Crippen molar-refractivity contribution in [3.05, 3.63) is 47.8 Å². The molecule has 0 spiro atoms. The minimum Gasteiger partial charge on any atom is -0.410 e. The van der Waals surface area contributed by atoms with Gasteiger partial charge in [0, 0.05) is 43.0 Å². The van der Waals surface area contributed by atoms with Crippen molar-refractivity contribution in [3.63, 3.8) is 0 Å². The zero-order valence-electron chi connectivity index (χ0n) is 13.5. The first kappa shape index (κ1) is 17.4. The molecule has 5 nitrogen and oxygen atoms in total. The van der Waals surface area contributed by atoms with Gasteiger partial charge in [0.05, 0.1) is 0 Å². The lowest BCUT2D eigenvalue weighted by molar-refractivity contribution is 0.120. The van der Waals surface area contributed by atoms with Gasteiger partial charge in [-0.1, -0.05) is 18.2 Å². The molecule has 0 aliphatic carbocycles. The number of rotatable bonds is 4. The molecule has 0 radical (unpaired) electrons. The van der Waals surface area contributed by atoms with Crippen molar-refractivity contribution >= 4 is 23.3 Å². The Kier molecular flexibility index (Phi) is 6.07. The third-order valence-electron chi connectivity index (χ3n) is 3.74. The molecule has 1 N–H and O–H groups in total. The van der Waals surface area contributed by atoms with Crippen molar-refractivity contribution in [1.82, 2.24) is 15.1 Å². The Hall–Kier alpha value is -1.98. The number of nitrogens with one attached hydrogen (secondary N) is 1. The van der Waals surface area contributed by atoms with Gasteiger partial charge in [-0.05, 0) is 43.9 Å². The third-order valence-corrected chi connectivity index (χ3v) is 3.98. The predicted octanol–water partition coefficient (Wildman–Crippen LogP) is 3.18. The number of carbonyl (C=O) groups is 1. The Morgan fingerprint density at radius 3 is 2.70 bits per heavy atom. The molecule has 1 aliphatic rings. The van der Waals surface area contributed by atoms with Gasteiger partial charge in [-0.2, -0.15) is 0 Å². The van der Waals surface area contributed by atoms with Crippen LogP contribution >= 0.6 is 11.6 Å². The Morgan fingerprint density at radius 1 is 1.35 bits per heavy atom. The topological polar surface area (TPSA) is 44.8 Å². The number of piperazine rings is 1. The van der Waals surface area contributed by atoms with Crippen LogP contribution in [0.25, 0.3) is 5.57 Å². The molecule has 0 unspecified atom stereocenters. The molecule has 0 aromatic heterocycles. The summed E-state index contributed by atoms with van der Waals surface area (Å²) in [5.74, 6) is 0.498. The molecular weight excluding hydrogens is 314 g/mol. The number of hydrogen-bond acceptors (Lipinski definition) is 4. The highest BCUT2D eigenvalue weighted by Gasteiger charge is 2.21. The van der Waals surface area contributed by atoms with Gasteiger partial charge in [-0.3, -0.25) is 0 Å². The van der Waals surface area contributed by atoms with Gasteiger partial charge in [-0.25, -0.2) is 4.79 Å². The third kappa shape index (κ3) is 4.74. The Bertz CT molecular complexity index is 608. The van der Waals surface area contributed by atoms with Crippen molar-refractivity contribution in [3.8, 4) is 5.75 Å². The molecule has 0 atom stereocenters. The number of ether oxygens (including phenoxy) is 1. The first-order valence-corrected chi connectivity index (χ1v) is 7.88. The maximum Gasteiger partial charge on any atom is 0.415 e. The van der Waals surface area contributed by atoms with Crippen molar-refractivity contribution in [2.45, 2.75) is 6.92 Å². The minimum atomic E-state index is -0.328. The molecule has 1 aliphatic heterocycles. The molecule has 1 aromatic rings. The lowest BCUT2D eigenvalue weighted by Crippen LogP contribution is -2.48. The van der Waals surface area contributed by atoms with E-state index in [1.807, 2.05) is 14.0 Å². The van der Waals surface area contributed by atoms with Crippen LogP contribution in [0.15, 0.2) is 37.2 Å². The minimum absolute atomic E-state index is 0.328. The Labute approximate surface area is 142 Å². The van der Waals surface area contributed by atoms with Crippen LogP contribution in [-0.4, -0.2) is 49.1 Å². The Morgan fingerprint density at radius 2 is 2.04 bits per heavy atom. The molecule has 1 heterocycles. The average molecular weight is 336 g/mol. The molecule has 1 fully saturated rings. The van der Waals surface area contributed by atoms with E-state index in [9.17, 15) is 4.79 Å². The van der Waals surface area contributed by atoms with Crippen LogP contribution in [0.4, 0.5) is 4.79 Å². The largest absolute Gasteiger partial charge is 0.415 e.